The maximum Gasteiger partial charge on any atom is 0.187 e. The molecule has 0 spiro atoms. The SMILES string of the molecule is CCCOC(O)C1=C(Nc2ccc(C)c(C)c2)SCC1=O. The van der Waals surface area contributed by atoms with Gasteiger partial charge in [0.15, 0.2) is 12.1 Å². The molecule has 1 unspecified atom stereocenters. The number of aryl methyl sites for hydroxylation is 2. The van der Waals surface area contributed by atoms with Gasteiger partial charge in [0.25, 0.3) is 0 Å². The van der Waals surface area contributed by atoms with Crippen molar-refractivity contribution in [3.63, 3.8) is 0 Å². The first-order chi connectivity index (χ1) is 10.0. The lowest BCUT2D eigenvalue weighted by Gasteiger charge is -2.15. The standard InChI is InChI=1S/C16H21NO3S/c1-4-7-20-16(19)14-13(18)9-21-15(14)17-12-6-5-10(2)11(3)8-12/h5-6,8,16-17,19H,4,7,9H2,1-3H3. The molecule has 1 atom stereocenters. The predicted molar refractivity (Wildman–Crippen MR) is 86.3 cm³/mol. The Morgan fingerprint density at radius 3 is 2.81 bits per heavy atom. The number of benzene rings is 1. The molecule has 1 aliphatic heterocycles. The highest BCUT2D eigenvalue weighted by atomic mass is 32.2. The van der Waals surface area contributed by atoms with E-state index >= 15 is 0 Å². The van der Waals surface area contributed by atoms with E-state index in [0.717, 1.165) is 12.1 Å². The maximum atomic E-state index is 11.9. The van der Waals surface area contributed by atoms with E-state index in [9.17, 15) is 9.90 Å². The first kappa shape index (κ1) is 16.1. The van der Waals surface area contributed by atoms with Gasteiger partial charge in [-0.3, -0.25) is 4.79 Å². The number of carbonyl (C=O) groups excluding carboxylic acids is 1. The summed E-state index contributed by atoms with van der Waals surface area (Å²) in [7, 11) is 0. The molecule has 5 heteroatoms. The number of rotatable bonds is 6. The molecular formula is C16H21NO3S. The van der Waals surface area contributed by atoms with Gasteiger partial charge >= 0.3 is 0 Å². The maximum absolute atomic E-state index is 11.9. The van der Waals surface area contributed by atoms with Gasteiger partial charge in [0, 0.05) is 12.3 Å². The first-order valence-corrected chi connectivity index (χ1v) is 8.05. The number of ether oxygens (including phenoxy) is 1. The van der Waals surface area contributed by atoms with E-state index < -0.39 is 6.29 Å². The summed E-state index contributed by atoms with van der Waals surface area (Å²) < 4.78 is 5.28. The number of aliphatic hydroxyl groups is 1. The van der Waals surface area contributed by atoms with Crippen LogP contribution in [0.5, 0.6) is 0 Å². The Bertz CT molecular complexity index is 569. The van der Waals surface area contributed by atoms with E-state index in [1.807, 2.05) is 32.0 Å². The molecule has 0 amide bonds. The summed E-state index contributed by atoms with van der Waals surface area (Å²) in [5.74, 6) is 0.268. The van der Waals surface area contributed by atoms with Crippen LogP contribution >= 0.6 is 11.8 Å². The van der Waals surface area contributed by atoms with E-state index in [-0.39, 0.29) is 5.78 Å². The van der Waals surface area contributed by atoms with Gasteiger partial charge in [-0.15, -0.1) is 0 Å². The molecule has 1 heterocycles. The zero-order chi connectivity index (χ0) is 15.4. The van der Waals surface area contributed by atoms with E-state index in [1.165, 1.54) is 22.9 Å². The van der Waals surface area contributed by atoms with Crippen molar-refractivity contribution in [2.75, 3.05) is 17.7 Å². The lowest BCUT2D eigenvalue weighted by Crippen LogP contribution is -2.22. The van der Waals surface area contributed by atoms with Crippen molar-refractivity contribution >= 4 is 23.2 Å². The van der Waals surface area contributed by atoms with E-state index in [1.54, 1.807) is 0 Å². The summed E-state index contributed by atoms with van der Waals surface area (Å²) in [5, 5.41) is 14.0. The normalized spacial score (nSPS) is 16.5. The minimum atomic E-state index is -1.15. The lowest BCUT2D eigenvalue weighted by molar-refractivity contribution is -0.120. The summed E-state index contributed by atoms with van der Waals surface area (Å²) in [4.78, 5) is 11.9. The zero-order valence-corrected chi connectivity index (χ0v) is 13.4. The van der Waals surface area contributed by atoms with Gasteiger partial charge in [-0.05, 0) is 43.5 Å². The summed E-state index contributed by atoms with van der Waals surface area (Å²) >= 11 is 1.40. The Labute approximate surface area is 129 Å². The lowest BCUT2D eigenvalue weighted by atomic mass is 10.1. The summed E-state index contributed by atoms with van der Waals surface area (Å²) in [5.41, 5.74) is 3.65. The van der Waals surface area contributed by atoms with Gasteiger partial charge in [-0.25, -0.2) is 0 Å². The Morgan fingerprint density at radius 1 is 1.38 bits per heavy atom. The van der Waals surface area contributed by atoms with E-state index in [0.29, 0.717) is 23.0 Å². The van der Waals surface area contributed by atoms with Gasteiger partial charge < -0.3 is 15.2 Å². The number of carbonyl (C=O) groups is 1. The number of thioether (sulfide) groups is 1. The van der Waals surface area contributed by atoms with Gasteiger partial charge in [0.1, 0.15) is 0 Å². The second-order valence-electron chi connectivity index (χ2n) is 5.10. The number of aliphatic hydroxyl groups excluding tert-OH is 1. The quantitative estimate of drug-likeness (QED) is 0.791. The van der Waals surface area contributed by atoms with Crippen LogP contribution in [0, 0.1) is 13.8 Å². The van der Waals surface area contributed by atoms with Gasteiger partial charge in [-0.1, -0.05) is 24.8 Å². The first-order valence-electron chi connectivity index (χ1n) is 7.07. The van der Waals surface area contributed by atoms with Crippen LogP contribution in [-0.4, -0.2) is 29.5 Å². The Morgan fingerprint density at radius 2 is 2.14 bits per heavy atom. The number of hydrogen-bond acceptors (Lipinski definition) is 5. The monoisotopic (exact) mass is 307 g/mol. The molecule has 0 aromatic heterocycles. The van der Waals surface area contributed by atoms with Crippen molar-refractivity contribution in [1.29, 1.82) is 0 Å². The fourth-order valence-corrected chi connectivity index (χ4v) is 3.03. The number of anilines is 1. The van der Waals surface area contributed by atoms with Crippen molar-refractivity contribution in [3.05, 3.63) is 39.9 Å². The summed E-state index contributed by atoms with van der Waals surface area (Å²) in [6.07, 6.45) is -0.354. The molecule has 0 saturated carbocycles. The summed E-state index contributed by atoms with van der Waals surface area (Å²) in [6, 6.07) is 6.03. The topological polar surface area (TPSA) is 58.6 Å². The van der Waals surface area contributed by atoms with E-state index in [4.69, 9.17) is 4.74 Å². The van der Waals surface area contributed by atoms with Crippen LogP contribution in [0.15, 0.2) is 28.8 Å². The van der Waals surface area contributed by atoms with Crippen molar-refractivity contribution in [2.45, 2.75) is 33.5 Å². The average Bonchev–Trinajstić information content (AvgIpc) is 2.81. The third-order valence-corrected chi connectivity index (χ3v) is 4.40. The van der Waals surface area contributed by atoms with Crippen LogP contribution in [-0.2, 0) is 9.53 Å². The Kier molecular flexibility index (Phi) is 5.45. The van der Waals surface area contributed by atoms with Gasteiger partial charge in [0.05, 0.1) is 16.4 Å². The molecular weight excluding hydrogens is 286 g/mol. The third kappa shape index (κ3) is 3.87. The fourth-order valence-electron chi connectivity index (χ4n) is 2.04. The van der Waals surface area contributed by atoms with Crippen LogP contribution in [0.2, 0.25) is 0 Å². The van der Waals surface area contributed by atoms with Gasteiger partial charge in [-0.2, -0.15) is 0 Å². The second-order valence-corrected chi connectivity index (χ2v) is 6.09. The predicted octanol–water partition coefficient (Wildman–Crippen LogP) is 2.99. The molecule has 1 aromatic carbocycles. The van der Waals surface area contributed by atoms with Crippen LogP contribution in [0.3, 0.4) is 0 Å². The molecule has 2 rings (SSSR count). The Balaban J connectivity index is 2.20. The number of Topliss-reactive ketones (excluding diaryl/α,β-unsaturated/α-hetero) is 1. The van der Waals surface area contributed by atoms with Crippen LogP contribution in [0.4, 0.5) is 5.69 Å². The average molecular weight is 307 g/mol. The Hall–Kier alpha value is -1.30. The molecule has 1 aromatic rings. The number of ketones is 1. The third-order valence-electron chi connectivity index (χ3n) is 3.38. The van der Waals surface area contributed by atoms with E-state index in [2.05, 4.69) is 12.2 Å². The van der Waals surface area contributed by atoms with Crippen molar-refractivity contribution in [2.24, 2.45) is 0 Å². The van der Waals surface area contributed by atoms with Crippen LogP contribution < -0.4 is 5.32 Å². The number of nitrogens with one attached hydrogen (secondary N) is 1. The summed E-state index contributed by atoms with van der Waals surface area (Å²) in [6.45, 7) is 6.49. The molecule has 2 N–H and O–H groups in total. The largest absolute Gasteiger partial charge is 0.364 e. The van der Waals surface area contributed by atoms with Crippen LogP contribution in [0.25, 0.3) is 0 Å². The molecule has 0 aliphatic carbocycles. The molecule has 4 nitrogen and oxygen atoms in total. The molecule has 0 fully saturated rings. The van der Waals surface area contributed by atoms with Crippen LogP contribution in [0.1, 0.15) is 24.5 Å². The molecule has 0 radical (unpaired) electrons. The highest BCUT2D eigenvalue weighted by Gasteiger charge is 2.30. The van der Waals surface area contributed by atoms with Crippen molar-refractivity contribution < 1.29 is 14.6 Å². The molecule has 0 bridgehead atoms. The number of hydrogen-bond donors (Lipinski definition) is 2. The highest BCUT2D eigenvalue weighted by molar-refractivity contribution is 8.04. The molecule has 1 aliphatic rings. The molecule has 114 valence electrons. The fraction of sp³-hybridized carbons (Fsp3) is 0.438. The zero-order valence-electron chi connectivity index (χ0n) is 12.6. The highest BCUT2D eigenvalue weighted by Crippen LogP contribution is 2.32. The second kappa shape index (κ2) is 7.11. The van der Waals surface area contributed by atoms with Crippen molar-refractivity contribution in [3.8, 4) is 0 Å². The smallest absolute Gasteiger partial charge is 0.187 e. The van der Waals surface area contributed by atoms with Gasteiger partial charge in [0.2, 0.25) is 0 Å². The minimum absolute atomic E-state index is 0.0741. The minimum Gasteiger partial charge on any atom is -0.364 e. The molecule has 21 heavy (non-hydrogen) atoms. The molecule has 0 saturated heterocycles. The van der Waals surface area contributed by atoms with Crippen molar-refractivity contribution in [1.82, 2.24) is 0 Å².